The lowest BCUT2D eigenvalue weighted by Crippen LogP contribution is -2.02. The highest BCUT2D eigenvalue weighted by atomic mass is 15.1. The third kappa shape index (κ3) is 2.09. The highest BCUT2D eigenvalue weighted by Crippen LogP contribution is 2.25. The first-order chi connectivity index (χ1) is 8.13. The summed E-state index contributed by atoms with van der Waals surface area (Å²) >= 11 is 0. The molecule has 0 unspecified atom stereocenters. The van der Waals surface area contributed by atoms with Crippen LogP contribution in [0.15, 0.2) is 18.5 Å². The summed E-state index contributed by atoms with van der Waals surface area (Å²) in [5.74, 6) is 0.368. The van der Waals surface area contributed by atoms with Gasteiger partial charge in [-0.15, -0.1) is 0 Å². The summed E-state index contributed by atoms with van der Waals surface area (Å²) in [6.07, 6.45) is 3.66. The van der Waals surface area contributed by atoms with E-state index in [9.17, 15) is 0 Å². The van der Waals surface area contributed by atoms with Crippen molar-refractivity contribution in [3.8, 4) is 6.07 Å². The fourth-order valence-corrected chi connectivity index (χ4v) is 2.21. The zero-order valence-electron chi connectivity index (χ0n) is 10.4. The minimum atomic E-state index is 0.368. The van der Waals surface area contributed by atoms with Crippen LogP contribution in [0.25, 0.3) is 0 Å². The van der Waals surface area contributed by atoms with Crippen molar-refractivity contribution in [1.82, 2.24) is 14.8 Å². The van der Waals surface area contributed by atoms with Crippen LogP contribution < -0.4 is 0 Å². The molecule has 0 spiro atoms. The molecule has 17 heavy (non-hydrogen) atoms. The molecule has 0 radical (unpaired) electrons. The largest absolute Gasteiger partial charge is 0.344 e. The second-order valence-corrected chi connectivity index (χ2v) is 4.52. The van der Waals surface area contributed by atoms with Gasteiger partial charge < -0.3 is 4.57 Å². The van der Waals surface area contributed by atoms with Crippen LogP contribution >= 0.6 is 0 Å². The van der Waals surface area contributed by atoms with Gasteiger partial charge >= 0.3 is 0 Å². The number of aromatic amines is 1. The van der Waals surface area contributed by atoms with Gasteiger partial charge in [-0.25, -0.2) is 0 Å². The smallest absolute Gasteiger partial charge is 0.101 e. The summed E-state index contributed by atoms with van der Waals surface area (Å²) in [7, 11) is 0. The fraction of sp³-hybridized carbons (Fsp3) is 0.385. The predicted molar refractivity (Wildman–Crippen MR) is 65.7 cm³/mol. The van der Waals surface area contributed by atoms with E-state index in [-0.39, 0.29) is 0 Å². The van der Waals surface area contributed by atoms with Crippen molar-refractivity contribution in [2.24, 2.45) is 0 Å². The third-order valence-electron chi connectivity index (χ3n) is 2.99. The molecule has 0 aliphatic rings. The summed E-state index contributed by atoms with van der Waals surface area (Å²) in [4.78, 5) is 0. The van der Waals surface area contributed by atoms with Crippen molar-refractivity contribution in [3.05, 3.63) is 41.0 Å². The molecule has 2 aromatic heterocycles. The Bertz CT molecular complexity index is 541. The molecular formula is C13H16N4. The number of nitriles is 1. The Hall–Kier alpha value is -2.02. The number of hydrogen-bond acceptors (Lipinski definition) is 2. The normalized spacial score (nSPS) is 10.8. The van der Waals surface area contributed by atoms with Crippen LogP contribution in [0.2, 0.25) is 0 Å². The second kappa shape index (κ2) is 4.46. The van der Waals surface area contributed by atoms with E-state index in [0.717, 1.165) is 29.1 Å². The van der Waals surface area contributed by atoms with E-state index in [1.807, 2.05) is 12.3 Å². The molecule has 0 saturated heterocycles. The van der Waals surface area contributed by atoms with Gasteiger partial charge in [-0.1, -0.05) is 13.8 Å². The Morgan fingerprint density at radius 3 is 2.76 bits per heavy atom. The zero-order chi connectivity index (χ0) is 12.4. The van der Waals surface area contributed by atoms with E-state index in [2.05, 4.69) is 41.6 Å². The lowest BCUT2D eigenvalue weighted by molar-refractivity contribution is 0.735. The zero-order valence-corrected chi connectivity index (χ0v) is 10.4. The Kier molecular flexibility index (Phi) is 3.01. The van der Waals surface area contributed by atoms with Gasteiger partial charge in [0.15, 0.2) is 0 Å². The summed E-state index contributed by atoms with van der Waals surface area (Å²) in [5, 5.41) is 16.0. The van der Waals surface area contributed by atoms with Crippen molar-refractivity contribution in [2.45, 2.75) is 33.2 Å². The average molecular weight is 228 g/mol. The highest BCUT2D eigenvalue weighted by molar-refractivity contribution is 5.42. The maximum Gasteiger partial charge on any atom is 0.101 e. The molecule has 4 nitrogen and oxygen atoms in total. The Labute approximate surface area is 101 Å². The predicted octanol–water partition coefficient (Wildman–Crippen LogP) is 2.56. The van der Waals surface area contributed by atoms with Crippen LogP contribution in [0.5, 0.6) is 0 Å². The summed E-state index contributed by atoms with van der Waals surface area (Å²) in [5.41, 5.74) is 4.12. The van der Waals surface area contributed by atoms with Gasteiger partial charge in [-0.05, 0) is 24.5 Å². The number of nitrogens with zero attached hydrogens (tertiary/aromatic N) is 3. The third-order valence-corrected chi connectivity index (χ3v) is 2.99. The maximum absolute atomic E-state index is 9.15. The molecule has 0 saturated carbocycles. The van der Waals surface area contributed by atoms with Crippen molar-refractivity contribution in [2.75, 3.05) is 0 Å². The first kappa shape index (κ1) is 11.5. The molecule has 2 rings (SSSR count). The minimum Gasteiger partial charge on any atom is -0.344 e. The molecule has 1 N–H and O–H groups in total. The molecule has 0 bridgehead atoms. The van der Waals surface area contributed by atoms with Crippen LogP contribution in [0.1, 0.15) is 42.3 Å². The number of H-pyrrole nitrogens is 1. The number of aromatic nitrogens is 3. The first-order valence-corrected chi connectivity index (χ1v) is 5.71. The van der Waals surface area contributed by atoms with Gasteiger partial charge in [0, 0.05) is 18.1 Å². The van der Waals surface area contributed by atoms with E-state index >= 15 is 0 Å². The molecule has 0 aliphatic carbocycles. The Balaban J connectivity index is 2.40. The summed E-state index contributed by atoms with van der Waals surface area (Å²) in [6, 6.07) is 4.22. The van der Waals surface area contributed by atoms with Gasteiger partial charge in [0.05, 0.1) is 17.8 Å². The van der Waals surface area contributed by atoms with Crippen LogP contribution in [0.4, 0.5) is 0 Å². The topological polar surface area (TPSA) is 57.4 Å². The van der Waals surface area contributed by atoms with Crippen molar-refractivity contribution in [1.29, 1.82) is 5.26 Å². The van der Waals surface area contributed by atoms with Gasteiger partial charge in [0.25, 0.3) is 0 Å². The Morgan fingerprint density at radius 2 is 2.29 bits per heavy atom. The van der Waals surface area contributed by atoms with Gasteiger partial charge in [0.1, 0.15) is 6.07 Å². The molecule has 2 aromatic rings. The van der Waals surface area contributed by atoms with E-state index < -0.39 is 0 Å². The molecule has 0 atom stereocenters. The summed E-state index contributed by atoms with van der Waals surface area (Å²) < 4.78 is 2.10. The summed E-state index contributed by atoms with van der Waals surface area (Å²) in [6.45, 7) is 7.02. The van der Waals surface area contributed by atoms with Crippen LogP contribution in [0.3, 0.4) is 0 Å². The number of rotatable bonds is 3. The van der Waals surface area contributed by atoms with E-state index in [1.54, 1.807) is 6.20 Å². The number of nitrogens with one attached hydrogen (secondary N) is 1. The molecule has 88 valence electrons. The number of hydrogen-bond donors (Lipinski definition) is 1. The molecule has 4 heteroatoms. The molecule has 0 amide bonds. The average Bonchev–Trinajstić information content (AvgIpc) is 2.88. The molecule has 2 heterocycles. The maximum atomic E-state index is 9.15. The first-order valence-electron chi connectivity index (χ1n) is 5.71. The minimum absolute atomic E-state index is 0.368. The van der Waals surface area contributed by atoms with Crippen LogP contribution in [0, 0.1) is 18.3 Å². The SMILES string of the molecule is Cc1c(C(C)C)c(C#N)cn1Cc1ccn[nH]1. The quantitative estimate of drug-likeness (QED) is 0.877. The van der Waals surface area contributed by atoms with Gasteiger partial charge in [-0.3, -0.25) is 5.10 Å². The lowest BCUT2D eigenvalue weighted by atomic mass is 10.00. The Morgan fingerprint density at radius 1 is 1.53 bits per heavy atom. The molecular weight excluding hydrogens is 212 g/mol. The highest BCUT2D eigenvalue weighted by Gasteiger charge is 2.15. The monoisotopic (exact) mass is 228 g/mol. The molecule has 0 aromatic carbocycles. The van der Waals surface area contributed by atoms with Crippen molar-refractivity contribution < 1.29 is 0 Å². The second-order valence-electron chi connectivity index (χ2n) is 4.52. The standard InChI is InChI=1S/C13H16N4/c1-9(2)13-10(3)17(7-11(13)6-14)8-12-4-5-15-16-12/h4-5,7,9H,8H2,1-3H3,(H,15,16). The van der Waals surface area contributed by atoms with E-state index in [4.69, 9.17) is 5.26 Å². The van der Waals surface area contributed by atoms with E-state index in [1.165, 1.54) is 0 Å². The van der Waals surface area contributed by atoms with Gasteiger partial charge in [0.2, 0.25) is 0 Å². The lowest BCUT2D eigenvalue weighted by Gasteiger charge is -2.08. The van der Waals surface area contributed by atoms with Crippen LogP contribution in [-0.4, -0.2) is 14.8 Å². The molecule has 0 aliphatic heterocycles. The fourth-order valence-electron chi connectivity index (χ4n) is 2.21. The van der Waals surface area contributed by atoms with Crippen molar-refractivity contribution >= 4 is 0 Å². The van der Waals surface area contributed by atoms with Crippen LogP contribution in [-0.2, 0) is 6.54 Å². The van der Waals surface area contributed by atoms with Crippen molar-refractivity contribution in [3.63, 3.8) is 0 Å². The molecule has 0 fully saturated rings. The van der Waals surface area contributed by atoms with Gasteiger partial charge in [-0.2, -0.15) is 10.4 Å². The van der Waals surface area contributed by atoms with E-state index in [0.29, 0.717) is 5.92 Å².